The topological polar surface area (TPSA) is 38.8 Å². The zero-order valence-corrected chi connectivity index (χ0v) is 23.1. The van der Waals surface area contributed by atoms with Crippen LogP contribution in [0.5, 0.6) is 11.5 Å². The number of ether oxygens (including phenoxy) is 2. The number of para-hydroxylation sites is 1. The van der Waals surface area contributed by atoms with Gasteiger partial charge in [-0.3, -0.25) is 4.79 Å². The summed E-state index contributed by atoms with van der Waals surface area (Å²) in [4.78, 5) is 13.4. The summed E-state index contributed by atoms with van der Waals surface area (Å²) in [6.07, 6.45) is 8.33. The summed E-state index contributed by atoms with van der Waals surface area (Å²) in [6, 6.07) is 42.9. The average Bonchev–Trinajstić information content (AvgIpc) is 3.01. The Morgan fingerprint density at radius 3 is 1.27 bits per heavy atom. The molecule has 0 aliphatic heterocycles. The van der Waals surface area contributed by atoms with Crippen molar-refractivity contribution in [2.24, 2.45) is 0 Å². The highest BCUT2D eigenvalue weighted by molar-refractivity contribution is 5.79. The molecule has 5 rings (SSSR count). The van der Waals surface area contributed by atoms with E-state index in [1.165, 1.54) is 6.92 Å². The number of methoxy groups -OCH3 is 1. The van der Waals surface area contributed by atoms with E-state index >= 15 is 0 Å². The molecular weight excluding hydrogens is 506 g/mol. The fraction of sp³-hybridized carbons (Fsp3) is 0.0541. The SMILES string of the molecule is COc1ccc(C=Cc2ccc(N(c3ccccc3)c3ccc(C=Cc4ccc(OC(C)=O)cc4)cc3)cc2)cc1. The molecule has 0 radical (unpaired) electrons. The zero-order chi connectivity index (χ0) is 28.4. The first-order valence-electron chi connectivity index (χ1n) is 13.4. The van der Waals surface area contributed by atoms with Crippen LogP contribution in [-0.4, -0.2) is 13.1 Å². The third-order valence-corrected chi connectivity index (χ3v) is 6.51. The largest absolute Gasteiger partial charge is 0.497 e. The van der Waals surface area contributed by atoms with Gasteiger partial charge in [-0.25, -0.2) is 0 Å². The Labute approximate surface area is 241 Å². The number of hydrogen-bond donors (Lipinski definition) is 0. The highest BCUT2D eigenvalue weighted by Crippen LogP contribution is 2.34. The second kappa shape index (κ2) is 13.1. The second-order valence-electron chi connectivity index (χ2n) is 9.46. The van der Waals surface area contributed by atoms with Crippen LogP contribution in [0.1, 0.15) is 29.2 Å². The normalized spacial score (nSPS) is 11.1. The molecule has 0 bridgehead atoms. The number of nitrogens with zero attached hydrogens (tertiary/aromatic N) is 1. The Balaban J connectivity index is 1.33. The molecular formula is C37H31NO3. The molecule has 4 nitrogen and oxygen atoms in total. The van der Waals surface area contributed by atoms with Crippen molar-refractivity contribution in [3.63, 3.8) is 0 Å². The molecule has 0 fully saturated rings. The van der Waals surface area contributed by atoms with E-state index in [0.717, 1.165) is 45.1 Å². The van der Waals surface area contributed by atoms with E-state index in [-0.39, 0.29) is 5.97 Å². The molecule has 0 spiro atoms. The van der Waals surface area contributed by atoms with Crippen molar-refractivity contribution >= 4 is 47.3 Å². The molecule has 0 atom stereocenters. The van der Waals surface area contributed by atoms with Crippen LogP contribution >= 0.6 is 0 Å². The van der Waals surface area contributed by atoms with Crippen LogP contribution in [0.3, 0.4) is 0 Å². The smallest absolute Gasteiger partial charge is 0.308 e. The molecule has 0 aromatic heterocycles. The Kier molecular flexibility index (Phi) is 8.72. The van der Waals surface area contributed by atoms with Gasteiger partial charge < -0.3 is 14.4 Å². The van der Waals surface area contributed by atoms with Gasteiger partial charge in [-0.15, -0.1) is 0 Å². The molecule has 0 N–H and O–H groups in total. The lowest BCUT2D eigenvalue weighted by atomic mass is 10.1. The van der Waals surface area contributed by atoms with Crippen molar-refractivity contribution in [2.75, 3.05) is 12.0 Å². The number of anilines is 3. The predicted molar refractivity (Wildman–Crippen MR) is 170 cm³/mol. The molecule has 4 heteroatoms. The second-order valence-corrected chi connectivity index (χ2v) is 9.46. The van der Waals surface area contributed by atoms with E-state index in [2.05, 4.69) is 95.9 Å². The maximum Gasteiger partial charge on any atom is 0.308 e. The van der Waals surface area contributed by atoms with Gasteiger partial charge in [0.05, 0.1) is 7.11 Å². The summed E-state index contributed by atoms with van der Waals surface area (Å²) in [5, 5.41) is 0. The van der Waals surface area contributed by atoms with Crippen molar-refractivity contribution < 1.29 is 14.3 Å². The van der Waals surface area contributed by atoms with E-state index in [1.54, 1.807) is 19.2 Å². The summed E-state index contributed by atoms with van der Waals surface area (Å²) in [7, 11) is 1.67. The van der Waals surface area contributed by atoms with Crippen molar-refractivity contribution in [1.82, 2.24) is 0 Å². The van der Waals surface area contributed by atoms with Crippen LogP contribution in [-0.2, 0) is 4.79 Å². The van der Waals surface area contributed by atoms with E-state index in [4.69, 9.17) is 9.47 Å². The van der Waals surface area contributed by atoms with Gasteiger partial charge >= 0.3 is 5.97 Å². The lowest BCUT2D eigenvalue weighted by molar-refractivity contribution is -0.131. The van der Waals surface area contributed by atoms with E-state index in [1.807, 2.05) is 48.5 Å². The molecule has 0 unspecified atom stereocenters. The first kappa shape index (κ1) is 27.2. The summed E-state index contributed by atoms with van der Waals surface area (Å²) >= 11 is 0. The van der Waals surface area contributed by atoms with Crippen molar-refractivity contribution in [3.8, 4) is 11.5 Å². The van der Waals surface area contributed by atoms with Gasteiger partial charge in [0.1, 0.15) is 11.5 Å². The number of esters is 1. The van der Waals surface area contributed by atoms with E-state index in [9.17, 15) is 4.79 Å². The zero-order valence-electron chi connectivity index (χ0n) is 23.1. The van der Waals surface area contributed by atoms with Crippen LogP contribution in [0.15, 0.2) is 127 Å². The molecule has 0 aliphatic rings. The Morgan fingerprint density at radius 1 is 0.512 bits per heavy atom. The number of benzene rings is 5. The molecule has 5 aromatic carbocycles. The number of carbonyl (C=O) groups is 1. The first-order chi connectivity index (χ1) is 20.1. The van der Waals surface area contributed by atoms with Crippen molar-refractivity contribution in [3.05, 3.63) is 150 Å². The molecule has 41 heavy (non-hydrogen) atoms. The Hall–Kier alpha value is -5.35. The van der Waals surface area contributed by atoms with Gasteiger partial charge in [0.25, 0.3) is 0 Å². The molecule has 0 saturated carbocycles. The van der Waals surface area contributed by atoms with Gasteiger partial charge in [0.15, 0.2) is 0 Å². The number of rotatable bonds is 9. The molecule has 0 amide bonds. The Bertz CT molecular complexity index is 1620. The van der Waals surface area contributed by atoms with E-state index in [0.29, 0.717) is 5.75 Å². The summed E-state index contributed by atoms with van der Waals surface area (Å²) in [5.41, 5.74) is 7.59. The number of hydrogen-bond acceptors (Lipinski definition) is 4. The highest BCUT2D eigenvalue weighted by atomic mass is 16.5. The summed E-state index contributed by atoms with van der Waals surface area (Å²) in [5.74, 6) is 1.07. The van der Waals surface area contributed by atoms with Gasteiger partial charge in [-0.1, -0.05) is 91.0 Å². The van der Waals surface area contributed by atoms with Gasteiger partial charge in [-0.2, -0.15) is 0 Å². The first-order valence-corrected chi connectivity index (χ1v) is 13.4. The van der Waals surface area contributed by atoms with Crippen LogP contribution in [0, 0.1) is 0 Å². The van der Waals surface area contributed by atoms with Gasteiger partial charge in [0.2, 0.25) is 0 Å². The minimum absolute atomic E-state index is 0.324. The third kappa shape index (κ3) is 7.40. The third-order valence-electron chi connectivity index (χ3n) is 6.51. The lowest BCUT2D eigenvalue weighted by Crippen LogP contribution is -2.09. The van der Waals surface area contributed by atoms with Gasteiger partial charge in [-0.05, 0) is 82.9 Å². The Morgan fingerprint density at radius 2 is 0.878 bits per heavy atom. The monoisotopic (exact) mass is 537 g/mol. The average molecular weight is 538 g/mol. The fourth-order valence-corrected chi connectivity index (χ4v) is 4.41. The summed E-state index contributed by atoms with van der Waals surface area (Å²) in [6.45, 7) is 1.40. The van der Waals surface area contributed by atoms with Crippen molar-refractivity contribution in [1.29, 1.82) is 0 Å². The lowest BCUT2D eigenvalue weighted by Gasteiger charge is -2.25. The number of carbonyl (C=O) groups excluding carboxylic acids is 1. The van der Waals surface area contributed by atoms with Crippen LogP contribution < -0.4 is 14.4 Å². The maximum atomic E-state index is 11.1. The minimum atomic E-state index is -0.324. The molecule has 0 heterocycles. The fourth-order valence-electron chi connectivity index (χ4n) is 4.41. The van der Waals surface area contributed by atoms with Crippen molar-refractivity contribution in [2.45, 2.75) is 6.92 Å². The predicted octanol–water partition coefficient (Wildman–Crippen LogP) is 9.43. The molecule has 0 saturated heterocycles. The molecule has 0 aliphatic carbocycles. The highest BCUT2D eigenvalue weighted by Gasteiger charge is 2.12. The quantitative estimate of drug-likeness (QED) is 0.107. The molecule has 202 valence electrons. The maximum absolute atomic E-state index is 11.1. The van der Waals surface area contributed by atoms with Crippen LogP contribution in [0.2, 0.25) is 0 Å². The summed E-state index contributed by atoms with van der Waals surface area (Å²) < 4.78 is 10.4. The molecule has 5 aromatic rings. The van der Waals surface area contributed by atoms with Crippen LogP contribution in [0.25, 0.3) is 24.3 Å². The minimum Gasteiger partial charge on any atom is -0.497 e. The standard InChI is InChI=1S/C37H31NO3/c1-28(39)41-37-26-18-32(19-27-37)11-9-30-14-22-35(23-15-30)38(33-6-4-3-5-7-33)34-20-12-29(13-21-34)8-10-31-16-24-36(40-2)25-17-31/h3-27H,1-2H3. The van der Waals surface area contributed by atoms with Gasteiger partial charge in [0, 0.05) is 24.0 Å². The van der Waals surface area contributed by atoms with Crippen LogP contribution in [0.4, 0.5) is 17.1 Å². The van der Waals surface area contributed by atoms with E-state index < -0.39 is 0 Å².